The van der Waals surface area contributed by atoms with Crippen molar-refractivity contribution in [1.82, 2.24) is 4.98 Å². The number of fused-ring (bicyclic) bond motifs is 1. The van der Waals surface area contributed by atoms with Gasteiger partial charge < -0.3 is 25.0 Å². The van der Waals surface area contributed by atoms with E-state index < -0.39 is 24.1 Å². The number of aliphatic hydroxyl groups is 2. The maximum atomic E-state index is 11.3. The molecule has 0 amide bonds. The average Bonchev–Trinajstić information content (AvgIpc) is 2.89. The Kier molecular flexibility index (Phi) is 4.79. The van der Waals surface area contributed by atoms with E-state index in [2.05, 4.69) is 4.98 Å². The van der Waals surface area contributed by atoms with Gasteiger partial charge in [-0.1, -0.05) is 12.1 Å². The normalized spacial score (nSPS) is 13.8. The van der Waals surface area contributed by atoms with Gasteiger partial charge >= 0.3 is 11.9 Å². The highest BCUT2D eigenvalue weighted by molar-refractivity contribution is 5.93. The van der Waals surface area contributed by atoms with E-state index in [1.165, 1.54) is 6.07 Å². The zero-order valence-electron chi connectivity index (χ0n) is 11.9. The number of H-pyrrole nitrogens is 1. The van der Waals surface area contributed by atoms with Crippen molar-refractivity contribution in [3.8, 4) is 0 Å². The number of aromatic nitrogens is 1. The molecule has 0 radical (unpaired) electrons. The maximum absolute atomic E-state index is 11.3. The molecule has 0 aliphatic rings. The molecule has 22 heavy (non-hydrogen) atoms. The molecule has 4 N–H and O–H groups in total. The molecule has 0 aliphatic carbocycles. The molecule has 0 saturated heterocycles. The first-order valence-electron chi connectivity index (χ1n) is 6.80. The molecule has 0 fully saturated rings. The van der Waals surface area contributed by atoms with Crippen molar-refractivity contribution >= 4 is 22.8 Å². The van der Waals surface area contributed by atoms with Crippen molar-refractivity contribution < 1.29 is 29.6 Å². The smallest absolute Gasteiger partial charge is 0.352 e. The molecule has 0 saturated carbocycles. The maximum Gasteiger partial charge on any atom is 0.352 e. The largest absolute Gasteiger partial charge is 0.477 e. The summed E-state index contributed by atoms with van der Waals surface area (Å²) in [7, 11) is 0. The lowest BCUT2D eigenvalue weighted by atomic mass is 10.0. The number of ether oxygens (including phenoxy) is 1. The number of benzene rings is 1. The number of rotatable bonds is 6. The van der Waals surface area contributed by atoms with Crippen LogP contribution in [0.4, 0.5) is 0 Å². The number of aromatic amines is 1. The van der Waals surface area contributed by atoms with Gasteiger partial charge in [0.25, 0.3) is 0 Å². The van der Waals surface area contributed by atoms with Gasteiger partial charge in [0.1, 0.15) is 11.8 Å². The summed E-state index contributed by atoms with van der Waals surface area (Å²) in [6.07, 6.45) is -2.89. The first-order valence-corrected chi connectivity index (χ1v) is 6.80. The van der Waals surface area contributed by atoms with Crippen LogP contribution in [0.15, 0.2) is 24.3 Å². The fraction of sp³-hybridized carbons (Fsp3) is 0.333. The second-order valence-corrected chi connectivity index (χ2v) is 4.86. The van der Waals surface area contributed by atoms with E-state index in [9.17, 15) is 19.8 Å². The van der Waals surface area contributed by atoms with E-state index in [1.54, 1.807) is 25.1 Å². The minimum absolute atomic E-state index is 0.0358. The Morgan fingerprint density at radius 3 is 2.64 bits per heavy atom. The quantitative estimate of drug-likeness (QED) is 0.595. The third-order valence-corrected chi connectivity index (χ3v) is 3.26. The van der Waals surface area contributed by atoms with Gasteiger partial charge in [0.05, 0.1) is 19.1 Å². The van der Waals surface area contributed by atoms with Crippen LogP contribution in [-0.2, 0) is 9.53 Å². The SMILES string of the molecule is CCOC(=O)CC(O)C(O)c1ccc2cc(C(=O)O)[nH]c2c1. The second kappa shape index (κ2) is 6.59. The molecule has 2 rings (SSSR count). The van der Waals surface area contributed by atoms with Gasteiger partial charge in [0, 0.05) is 10.9 Å². The zero-order valence-corrected chi connectivity index (χ0v) is 11.9. The molecule has 0 spiro atoms. The summed E-state index contributed by atoms with van der Waals surface area (Å²) < 4.78 is 4.72. The predicted octanol–water partition coefficient (Wildman–Crippen LogP) is 1.21. The highest BCUT2D eigenvalue weighted by Crippen LogP contribution is 2.24. The van der Waals surface area contributed by atoms with Crippen LogP contribution in [0.3, 0.4) is 0 Å². The average molecular weight is 307 g/mol. The Labute approximate surface area is 126 Å². The summed E-state index contributed by atoms with van der Waals surface area (Å²) in [5, 5.41) is 29.6. The second-order valence-electron chi connectivity index (χ2n) is 4.86. The van der Waals surface area contributed by atoms with E-state index in [0.717, 1.165) is 0 Å². The Morgan fingerprint density at radius 2 is 2.00 bits per heavy atom. The Bertz CT molecular complexity index is 692. The summed E-state index contributed by atoms with van der Waals surface area (Å²) >= 11 is 0. The molecule has 0 bridgehead atoms. The Balaban J connectivity index is 2.18. The number of carbonyl (C=O) groups excluding carboxylic acids is 1. The number of carboxylic acid groups (broad SMARTS) is 1. The first-order chi connectivity index (χ1) is 10.4. The van der Waals surface area contributed by atoms with Gasteiger partial charge in [-0.15, -0.1) is 0 Å². The van der Waals surface area contributed by atoms with Gasteiger partial charge in [0.2, 0.25) is 0 Å². The number of esters is 1. The number of hydrogen-bond donors (Lipinski definition) is 4. The van der Waals surface area contributed by atoms with E-state index in [0.29, 0.717) is 16.5 Å². The lowest BCUT2D eigenvalue weighted by Crippen LogP contribution is -2.23. The number of aromatic carboxylic acids is 1. The van der Waals surface area contributed by atoms with E-state index in [-0.39, 0.29) is 18.7 Å². The summed E-state index contributed by atoms with van der Waals surface area (Å²) in [6.45, 7) is 1.86. The van der Waals surface area contributed by atoms with Gasteiger partial charge in [0.15, 0.2) is 0 Å². The van der Waals surface area contributed by atoms with Crippen LogP contribution >= 0.6 is 0 Å². The van der Waals surface area contributed by atoms with Crippen LogP contribution in [0.1, 0.15) is 35.5 Å². The van der Waals surface area contributed by atoms with Crippen LogP contribution in [0.25, 0.3) is 10.9 Å². The van der Waals surface area contributed by atoms with Gasteiger partial charge in [-0.3, -0.25) is 4.79 Å². The summed E-state index contributed by atoms with van der Waals surface area (Å²) in [5.74, 6) is -1.68. The lowest BCUT2D eigenvalue weighted by Gasteiger charge is -2.17. The topological polar surface area (TPSA) is 120 Å². The van der Waals surface area contributed by atoms with Crippen LogP contribution in [0, 0.1) is 0 Å². The number of hydrogen-bond acceptors (Lipinski definition) is 5. The fourth-order valence-electron chi connectivity index (χ4n) is 2.17. The molecule has 0 aliphatic heterocycles. The van der Waals surface area contributed by atoms with Crippen LogP contribution in [0.5, 0.6) is 0 Å². The standard InChI is InChI=1S/C15H17NO6/c1-2-22-13(18)7-12(17)14(19)9-4-3-8-5-11(15(20)21)16-10(8)6-9/h3-6,12,14,16-17,19H,2,7H2,1H3,(H,20,21). The Hall–Kier alpha value is -2.38. The third kappa shape index (κ3) is 3.44. The van der Waals surface area contributed by atoms with Gasteiger partial charge in [-0.25, -0.2) is 4.79 Å². The highest BCUT2D eigenvalue weighted by atomic mass is 16.5. The fourth-order valence-corrected chi connectivity index (χ4v) is 2.17. The predicted molar refractivity (Wildman–Crippen MR) is 77.5 cm³/mol. The number of carbonyl (C=O) groups is 2. The molecule has 2 aromatic rings. The molecule has 7 heteroatoms. The summed E-state index contributed by atoms with van der Waals surface area (Å²) in [5.41, 5.74) is 0.939. The van der Waals surface area contributed by atoms with Crippen molar-refractivity contribution in [2.45, 2.75) is 25.6 Å². The summed E-state index contributed by atoms with van der Waals surface area (Å²) in [6, 6.07) is 6.22. The first kappa shape index (κ1) is 16.0. The molecular formula is C15H17NO6. The molecule has 2 unspecified atom stereocenters. The molecule has 1 aromatic carbocycles. The van der Waals surface area contributed by atoms with Crippen molar-refractivity contribution in [3.05, 3.63) is 35.5 Å². The monoisotopic (exact) mass is 307 g/mol. The van der Waals surface area contributed by atoms with Gasteiger partial charge in [-0.2, -0.15) is 0 Å². The minimum Gasteiger partial charge on any atom is -0.477 e. The van der Waals surface area contributed by atoms with E-state index in [4.69, 9.17) is 9.84 Å². The summed E-state index contributed by atoms with van der Waals surface area (Å²) in [4.78, 5) is 24.9. The molecule has 1 aromatic heterocycles. The molecule has 1 heterocycles. The highest BCUT2D eigenvalue weighted by Gasteiger charge is 2.22. The molecular weight excluding hydrogens is 290 g/mol. The molecule has 7 nitrogen and oxygen atoms in total. The lowest BCUT2D eigenvalue weighted by molar-refractivity contribution is -0.147. The van der Waals surface area contributed by atoms with Crippen molar-refractivity contribution in [2.24, 2.45) is 0 Å². The third-order valence-electron chi connectivity index (χ3n) is 3.26. The van der Waals surface area contributed by atoms with Crippen molar-refractivity contribution in [3.63, 3.8) is 0 Å². The zero-order chi connectivity index (χ0) is 16.3. The van der Waals surface area contributed by atoms with Gasteiger partial charge in [-0.05, 0) is 24.6 Å². The van der Waals surface area contributed by atoms with Crippen LogP contribution in [0.2, 0.25) is 0 Å². The van der Waals surface area contributed by atoms with Crippen LogP contribution < -0.4 is 0 Å². The molecule has 118 valence electrons. The number of carboxylic acids is 1. The van der Waals surface area contributed by atoms with Crippen LogP contribution in [-0.4, -0.2) is 45.0 Å². The number of aliphatic hydroxyl groups excluding tert-OH is 2. The molecule has 2 atom stereocenters. The Morgan fingerprint density at radius 1 is 1.27 bits per heavy atom. The van der Waals surface area contributed by atoms with E-state index in [1.807, 2.05) is 0 Å². The van der Waals surface area contributed by atoms with Crippen molar-refractivity contribution in [2.75, 3.05) is 6.61 Å². The van der Waals surface area contributed by atoms with Crippen molar-refractivity contribution in [1.29, 1.82) is 0 Å². The van der Waals surface area contributed by atoms with E-state index >= 15 is 0 Å². The number of nitrogens with one attached hydrogen (secondary N) is 1. The minimum atomic E-state index is -1.30.